The lowest BCUT2D eigenvalue weighted by Crippen LogP contribution is -2.64. The summed E-state index contributed by atoms with van der Waals surface area (Å²) in [5.74, 6) is 0.645. The maximum absolute atomic E-state index is 12.7. The van der Waals surface area contributed by atoms with Crippen molar-refractivity contribution in [2.45, 2.75) is 19.1 Å². The largest absolute Gasteiger partial charge is 0.328 e. The average molecular weight is 313 g/mol. The molecule has 0 bridgehead atoms. The molecule has 4 rings (SSSR count). The number of benzene rings is 1. The highest BCUT2D eigenvalue weighted by Gasteiger charge is 2.54. The van der Waals surface area contributed by atoms with Crippen LogP contribution < -0.4 is 4.90 Å². The minimum Gasteiger partial charge on any atom is -0.325 e. The Morgan fingerprint density at radius 3 is 2.61 bits per heavy atom. The molecule has 7 nitrogen and oxygen atoms in total. The Kier molecular flexibility index (Phi) is 3.04. The summed E-state index contributed by atoms with van der Waals surface area (Å²) >= 11 is 0. The number of carbonyl (C=O) groups is 2. The van der Waals surface area contributed by atoms with E-state index in [-0.39, 0.29) is 11.9 Å². The highest BCUT2D eigenvalue weighted by Crippen LogP contribution is 2.32. The number of hydrogen-bond donors (Lipinski definition) is 0. The number of amides is 3. The standard InChI is InChI=1S/C16H19N5O2/c1-3-19-14(22)12-13(18(2)16(19)23)17-15-20(9-10-21(12)15)11-7-5-4-6-8-11/h4-8,12-13H,3,9-10H2,1-2H3. The Bertz CT molecular complexity index is 689. The number of anilines is 1. The highest BCUT2D eigenvalue weighted by atomic mass is 16.2. The number of fused-ring (bicyclic) bond motifs is 3. The fourth-order valence-electron chi connectivity index (χ4n) is 3.58. The summed E-state index contributed by atoms with van der Waals surface area (Å²) in [4.78, 5) is 36.8. The van der Waals surface area contributed by atoms with Crippen molar-refractivity contribution in [1.29, 1.82) is 0 Å². The van der Waals surface area contributed by atoms with E-state index in [4.69, 9.17) is 4.99 Å². The predicted molar refractivity (Wildman–Crippen MR) is 86.1 cm³/mol. The number of para-hydroxylation sites is 1. The van der Waals surface area contributed by atoms with E-state index in [2.05, 4.69) is 4.90 Å². The van der Waals surface area contributed by atoms with Crippen molar-refractivity contribution in [1.82, 2.24) is 14.7 Å². The van der Waals surface area contributed by atoms with Crippen molar-refractivity contribution >= 4 is 23.6 Å². The molecule has 2 unspecified atom stereocenters. The number of nitrogens with zero attached hydrogens (tertiary/aromatic N) is 5. The summed E-state index contributed by atoms with van der Waals surface area (Å²) in [6.07, 6.45) is -0.431. The molecule has 3 aliphatic heterocycles. The first kappa shape index (κ1) is 14.0. The first-order valence-electron chi connectivity index (χ1n) is 7.88. The van der Waals surface area contributed by atoms with Crippen LogP contribution in [0.15, 0.2) is 35.3 Å². The molecule has 1 aromatic carbocycles. The Labute approximate surface area is 134 Å². The average Bonchev–Trinajstić information content (AvgIpc) is 3.13. The monoisotopic (exact) mass is 313 g/mol. The van der Waals surface area contributed by atoms with E-state index in [0.29, 0.717) is 6.54 Å². The third-order valence-corrected chi connectivity index (χ3v) is 4.76. The van der Waals surface area contributed by atoms with Crippen LogP contribution in [0.25, 0.3) is 0 Å². The smallest absolute Gasteiger partial charge is 0.325 e. The Morgan fingerprint density at radius 1 is 1.17 bits per heavy atom. The minimum absolute atomic E-state index is 0.144. The van der Waals surface area contributed by atoms with Gasteiger partial charge < -0.3 is 14.7 Å². The number of urea groups is 1. The molecule has 1 aromatic rings. The van der Waals surface area contributed by atoms with Gasteiger partial charge in [-0.15, -0.1) is 0 Å². The topological polar surface area (TPSA) is 59.5 Å². The molecule has 3 amide bonds. The van der Waals surface area contributed by atoms with Crippen LogP contribution in [0.5, 0.6) is 0 Å². The molecular formula is C16H19N5O2. The van der Waals surface area contributed by atoms with E-state index in [9.17, 15) is 9.59 Å². The van der Waals surface area contributed by atoms with Crippen LogP contribution in [0.3, 0.4) is 0 Å². The first-order chi connectivity index (χ1) is 11.1. The van der Waals surface area contributed by atoms with Gasteiger partial charge in [0.05, 0.1) is 0 Å². The number of rotatable bonds is 2. The fourth-order valence-corrected chi connectivity index (χ4v) is 3.58. The molecule has 0 N–H and O–H groups in total. The minimum atomic E-state index is -0.431. The number of aliphatic imine (C=N–C) groups is 1. The van der Waals surface area contributed by atoms with E-state index in [1.165, 1.54) is 4.90 Å². The molecule has 3 heterocycles. The summed E-state index contributed by atoms with van der Waals surface area (Å²) < 4.78 is 0. The molecule has 2 fully saturated rings. The van der Waals surface area contributed by atoms with Gasteiger partial charge in [-0.25, -0.2) is 9.79 Å². The third kappa shape index (κ3) is 1.85. The molecule has 0 saturated carbocycles. The summed E-state index contributed by atoms with van der Waals surface area (Å²) in [5.41, 5.74) is 1.06. The Morgan fingerprint density at radius 2 is 1.91 bits per heavy atom. The molecule has 0 aliphatic carbocycles. The number of hydrogen-bond acceptors (Lipinski definition) is 5. The van der Waals surface area contributed by atoms with Crippen LogP contribution in [0.2, 0.25) is 0 Å². The van der Waals surface area contributed by atoms with E-state index in [1.54, 1.807) is 11.9 Å². The zero-order valence-corrected chi connectivity index (χ0v) is 13.2. The summed E-state index contributed by atoms with van der Waals surface area (Å²) in [7, 11) is 1.72. The summed E-state index contributed by atoms with van der Waals surface area (Å²) in [6.45, 7) is 3.74. The maximum Gasteiger partial charge on any atom is 0.328 e. The molecule has 3 aliphatic rings. The van der Waals surface area contributed by atoms with Gasteiger partial charge in [-0.2, -0.15) is 0 Å². The zero-order valence-electron chi connectivity index (χ0n) is 13.2. The SMILES string of the molecule is CCN1C(=O)C2C(N=C3N(c4ccccc4)CCN32)N(C)C1=O. The van der Waals surface area contributed by atoms with Gasteiger partial charge in [-0.1, -0.05) is 18.2 Å². The molecule has 2 saturated heterocycles. The normalized spacial score (nSPS) is 26.6. The van der Waals surface area contributed by atoms with Gasteiger partial charge in [0, 0.05) is 32.4 Å². The van der Waals surface area contributed by atoms with E-state index in [0.717, 1.165) is 24.7 Å². The second-order valence-electron chi connectivity index (χ2n) is 5.94. The molecule has 0 spiro atoms. The number of imide groups is 1. The van der Waals surface area contributed by atoms with E-state index in [1.807, 2.05) is 42.2 Å². The van der Waals surface area contributed by atoms with Crippen LogP contribution in [0.1, 0.15) is 6.92 Å². The van der Waals surface area contributed by atoms with Gasteiger partial charge >= 0.3 is 6.03 Å². The molecule has 7 heteroatoms. The predicted octanol–water partition coefficient (Wildman–Crippen LogP) is 0.787. The molecule has 0 radical (unpaired) electrons. The summed E-state index contributed by atoms with van der Waals surface area (Å²) in [6, 6.07) is 9.34. The Hall–Kier alpha value is -2.57. The van der Waals surface area contributed by atoms with Gasteiger partial charge in [0.15, 0.2) is 12.2 Å². The first-order valence-corrected chi connectivity index (χ1v) is 7.88. The van der Waals surface area contributed by atoms with Gasteiger partial charge in [0.25, 0.3) is 5.91 Å². The van der Waals surface area contributed by atoms with Gasteiger partial charge in [-0.3, -0.25) is 9.69 Å². The zero-order chi connectivity index (χ0) is 16.1. The number of guanidine groups is 1. The van der Waals surface area contributed by atoms with Crippen molar-refractivity contribution in [3.8, 4) is 0 Å². The molecular weight excluding hydrogens is 294 g/mol. The number of carbonyl (C=O) groups excluding carboxylic acids is 2. The second kappa shape index (κ2) is 4.97. The van der Waals surface area contributed by atoms with Gasteiger partial charge in [0.2, 0.25) is 5.96 Å². The molecule has 23 heavy (non-hydrogen) atoms. The van der Waals surface area contributed by atoms with Gasteiger partial charge in [0.1, 0.15) is 0 Å². The molecule has 120 valence electrons. The highest BCUT2D eigenvalue weighted by molar-refractivity contribution is 6.07. The van der Waals surface area contributed by atoms with Crippen molar-refractivity contribution in [3.63, 3.8) is 0 Å². The van der Waals surface area contributed by atoms with Crippen molar-refractivity contribution < 1.29 is 9.59 Å². The van der Waals surface area contributed by atoms with Crippen LogP contribution >= 0.6 is 0 Å². The van der Waals surface area contributed by atoms with E-state index >= 15 is 0 Å². The third-order valence-electron chi connectivity index (χ3n) is 4.76. The van der Waals surface area contributed by atoms with Crippen molar-refractivity contribution in [3.05, 3.63) is 30.3 Å². The van der Waals surface area contributed by atoms with Crippen molar-refractivity contribution in [2.75, 3.05) is 31.6 Å². The van der Waals surface area contributed by atoms with Gasteiger partial charge in [-0.05, 0) is 19.1 Å². The molecule has 0 aromatic heterocycles. The number of likely N-dealkylation sites (N-methyl/N-ethyl adjacent to an activating group) is 2. The van der Waals surface area contributed by atoms with Crippen LogP contribution in [-0.2, 0) is 4.79 Å². The molecule has 2 atom stereocenters. The van der Waals surface area contributed by atoms with Crippen LogP contribution in [-0.4, -0.2) is 71.5 Å². The van der Waals surface area contributed by atoms with Crippen LogP contribution in [0.4, 0.5) is 10.5 Å². The fraction of sp³-hybridized carbons (Fsp3) is 0.438. The maximum atomic E-state index is 12.7. The summed E-state index contributed by atoms with van der Waals surface area (Å²) in [5, 5.41) is 0. The second-order valence-corrected chi connectivity index (χ2v) is 5.94. The Balaban J connectivity index is 1.70. The van der Waals surface area contributed by atoms with E-state index < -0.39 is 12.2 Å². The lowest BCUT2D eigenvalue weighted by Gasteiger charge is -2.40. The van der Waals surface area contributed by atoms with Crippen molar-refractivity contribution in [2.24, 2.45) is 4.99 Å². The van der Waals surface area contributed by atoms with Crippen LogP contribution in [0, 0.1) is 0 Å². The lowest BCUT2D eigenvalue weighted by atomic mass is 10.1. The quantitative estimate of drug-likeness (QED) is 0.810. The lowest BCUT2D eigenvalue weighted by molar-refractivity contribution is -0.137.